The summed E-state index contributed by atoms with van der Waals surface area (Å²) < 4.78 is 5.58. The van der Waals surface area contributed by atoms with Gasteiger partial charge in [-0.2, -0.15) is 0 Å². The Kier molecular flexibility index (Phi) is 7.30. The van der Waals surface area contributed by atoms with Crippen LogP contribution in [0.25, 0.3) is 11.1 Å². The molecule has 0 spiro atoms. The smallest absolute Gasteiger partial charge is 0.407 e. The molecule has 0 radical (unpaired) electrons. The van der Waals surface area contributed by atoms with Crippen LogP contribution in [-0.2, 0) is 14.3 Å². The van der Waals surface area contributed by atoms with Crippen LogP contribution < -0.4 is 10.6 Å². The highest BCUT2D eigenvalue weighted by atomic mass is 16.5. The molecule has 4 rings (SSSR count). The van der Waals surface area contributed by atoms with E-state index in [1.807, 2.05) is 24.3 Å². The fourth-order valence-electron chi connectivity index (χ4n) is 5.16. The first kappa shape index (κ1) is 23.5. The Balaban J connectivity index is 1.31. The number of fused-ring (bicyclic) bond motifs is 3. The van der Waals surface area contributed by atoms with Crippen LogP contribution in [0.2, 0.25) is 0 Å². The van der Waals surface area contributed by atoms with Crippen LogP contribution in [0.1, 0.15) is 42.7 Å². The molecule has 2 amide bonds. The predicted molar refractivity (Wildman–Crippen MR) is 128 cm³/mol. The summed E-state index contributed by atoms with van der Waals surface area (Å²) in [4.78, 5) is 36.5. The maximum absolute atomic E-state index is 12.7. The minimum Gasteiger partial charge on any atom is -0.480 e. The monoisotopic (exact) mass is 462 g/mol. The number of rotatable bonds is 9. The highest BCUT2D eigenvalue weighted by Crippen LogP contribution is 2.44. The Hall–Kier alpha value is -3.61. The number of ether oxygens (including phenoxy) is 1. The van der Waals surface area contributed by atoms with Crippen molar-refractivity contribution in [1.82, 2.24) is 10.6 Å². The molecule has 3 N–H and O–H groups in total. The van der Waals surface area contributed by atoms with Gasteiger partial charge in [0.25, 0.3) is 0 Å². The van der Waals surface area contributed by atoms with Gasteiger partial charge < -0.3 is 20.5 Å². The van der Waals surface area contributed by atoms with Crippen molar-refractivity contribution in [3.8, 4) is 11.1 Å². The number of benzene rings is 2. The van der Waals surface area contributed by atoms with Gasteiger partial charge in [0, 0.05) is 18.4 Å². The second-order valence-corrected chi connectivity index (χ2v) is 8.93. The summed E-state index contributed by atoms with van der Waals surface area (Å²) >= 11 is 0. The third-order valence-corrected chi connectivity index (χ3v) is 6.87. The van der Waals surface area contributed by atoms with E-state index in [0.717, 1.165) is 24.0 Å². The molecule has 2 aromatic carbocycles. The molecule has 34 heavy (non-hydrogen) atoms. The van der Waals surface area contributed by atoms with Crippen molar-refractivity contribution >= 4 is 18.0 Å². The number of carbonyl (C=O) groups excluding carboxylic acids is 2. The van der Waals surface area contributed by atoms with Gasteiger partial charge in [0.2, 0.25) is 5.91 Å². The van der Waals surface area contributed by atoms with Gasteiger partial charge in [-0.15, -0.1) is 6.58 Å². The van der Waals surface area contributed by atoms with E-state index in [9.17, 15) is 19.5 Å². The number of carboxylic acid groups (broad SMARTS) is 1. The van der Waals surface area contributed by atoms with Crippen molar-refractivity contribution in [3.63, 3.8) is 0 Å². The largest absolute Gasteiger partial charge is 0.480 e. The van der Waals surface area contributed by atoms with Crippen LogP contribution in [0.5, 0.6) is 0 Å². The fourth-order valence-corrected chi connectivity index (χ4v) is 5.16. The topological polar surface area (TPSA) is 105 Å². The number of aliphatic carboxylic acids is 1. The number of alkyl carbamates (subject to hydrolysis) is 1. The third-order valence-electron chi connectivity index (χ3n) is 6.87. The molecule has 2 aliphatic carbocycles. The van der Waals surface area contributed by atoms with Crippen molar-refractivity contribution in [2.45, 2.75) is 37.6 Å². The van der Waals surface area contributed by atoms with Gasteiger partial charge in [-0.1, -0.05) is 61.0 Å². The van der Waals surface area contributed by atoms with Gasteiger partial charge in [-0.3, -0.25) is 4.79 Å². The summed E-state index contributed by atoms with van der Waals surface area (Å²) in [6.07, 6.45) is 3.45. The Morgan fingerprint density at radius 2 is 1.71 bits per heavy atom. The number of carboxylic acids is 1. The van der Waals surface area contributed by atoms with E-state index in [-0.39, 0.29) is 36.7 Å². The maximum Gasteiger partial charge on any atom is 0.407 e. The summed E-state index contributed by atoms with van der Waals surface area (Å²) in [5, 5.41) is 14.7. The van der Waals surface area contributed by atoms with Crippen molar-refractivity contribution in [3.05, 3.63) is 72.3 Å². The van der Waals surface area contributed by atoms with Crippen LogP contribution in [-0.4, -0.2) is 42.3 Å². The highest BCUT2D eigenvalue weighted by Gasteiger charge is 2.35. The molecule has 178 valence electrons. The molecule has 1 unspecified atom stereocenters. The van der Waals surface area contributed by atoms with Gasteiger partial charge in [-0.05, 0) is 47.4 Å². The second kappa shape index (κ2) is 10.5. The molecule has 0 bridgehead atoms. The number of carbonyl (C=O) groups is 3. The molecular weight excluding hydrogens is 432 g/mol. The van der Waals surface area contributed by atoms with E-state index >= 15 is 0 Å². The first-order chi connectivity index (χ1) is 16.5. The van der Waals surface area contributed by atoms with Gasteiger partial charge in [0.05, 0.1) is 0 Å². The lowest BCUT2D eigenvalue weighted by atomic mass is 9.94. The first-order valence-electron chi connectivity index (χ1n) is 11.7. The molecule has 7 heteroatoms. The van der Waals surface area contributed by atoms with E-state index in [2.05, 4.69) is 41.5 Å². The Morgan fingerprint density at radius 3 is 2.32 bits per heavy atom. The maximum atomic E-state index is 12.7. The number of hydrogen-bond donors (Lipinski definition) is 3. The second-order valence-electron chi connectivity index (χ2n) is 8.93. The zero-order valence-electron chi connectivity index (χ0n) is 19.0. The summed E-state index contributed by atoms with van der Waals surface area (Å²) in [6.45, 7) is 4.09. The summed E-state index contributed by atoms with van der Waals surface area (Å²) in [5.74, 6) is -1.77. The fraction of sp³-hybridized carbons (Fsp3) is 0.370. The van der Waals surface area contributed by atoms with E-state index in [0.29, 0.717) is 13.0 Å². The van der Waals surface area contributed by atoms with Crippen LogP contribution in [0, 0.1) is 11.8 Å². The number of nitrogens with one attached hydrogen (secondary N) is 2. The molecule has 3 atom stereocenters. The summed E-state index contributed by atoms with van der Waals surface area (Å²) in [5.41, 5.74) is 4.64. The molecule has 1 saturated carbocycles. The van der Waals surface area contributed by atoms with Crippen LogP contribution in [0.4, 0.5) is 4.79 Å². The van der Waals surface area contributed by atoms with Crippen LogP contribution in [0.3, 0.4) is 0 Å². The zero-order valence-corrected chi connectivity index (χ0v) is 19.0. The zero-order chi connectivity index (χ0) is 24.1. The minimum atomic E-state index is -1.08. The average molecular weight is 463 g/mol. The van der Waals surface area contributed by atoms with Gasteiger partial charge >= 0.3 is 12.1 Å². The van der Waals surface area contributed by atoms with Crippen molar-refractivity contribution in [2.75, 3.05) is 13.2 Å². The Bertz CT molecular complexity index is 1040. The first-order valence-corrected chi connectivity index (χ1v) is 11.7. The molecule has 0 aromatic heterocycles. The molecule has 7 nitrogen and oxygen atoms in total. The molecular formula is C27H30N2O5. The molecule has 2 aliphatic rings. The number of hydrogen-bond acceptors (Lipinski definition) is 4. The van der Waals surface area contributed by atoms with E-state index in [1.165, 1.54) is 17.2 Å². The molecule has 0 saturated heterocycles. The molecule has 1 fully saturated rings. The van der Waals surface area contributed by atoms with Gasteiger partial charge in [0.15, 0.2) is 0 Å². The Labute approximate surface area is 199 Å². The van der Waals surface area contributed by atoms with E-state index in [4.69, 9.17) is 4.74 Å². The summed E-state index contributed by atoms with van der Waals surface area (Å²) in [7, 11) is 0. The lowest BCUT2D eigenvalue weighted by molar-refractivity contribution is -0.142. The number of amides is 2. The highest BCUT2D eigenvalue weighted by molar-refractivity contribution is 5.85. The SMILES string of the molecule is C=CCC(NC(=O)[C@@H]1CCC[C@@H]1CNC(=O)OCC1c2ccccc2-c2ccccc21)C(=O)O. The van der Waals surface area contributed by atoms with Crippen LogP contribution in [0.15, 0.2) is 61.2 Å². The van der Waals surface area contributed by atoms with Crippen molar-refractivity contribution in [1.29, 1.82) is 0 Å². The van der Waals surface area contributed by atoms with Crippen molar-refractivity contribution in [2.24, 2.45) is 11.8 Å². The lowest BCUT2D eigenvalue weighted by Gasteiger charge is -2.22. The van der Waals surface area contributed by atoms with Crippen LogP contribution >= 0.6 is 0 Å². The van der Waals surface area contributed by atoms with Crippen molar-refractivity contribution < 1.29 is 24.2 Å². The quantitative estimate of drug-likeness (QED) is 0.487. The third kappa shape index (κ3) is 4.98. The van der Waals surface area contributed by atoms with E-state index < -0.39 is 18.1 Å². The minimum absolute atomic E-state index is 0.0130. The summed E-state index contributed by atoms with van der Waals surface area (Å²) in [6, 6.07) is 15.3. The molecule has 0 heterocycles. The normalized spacial score (nSPS) is 19.5. The van der Waals surface area contributed by atoms with Gasteiger partial charge in [-0.25, -0.2) is 9.59 Å². The van der Waals surface area contributed by atoms with Gasteiger partial charge in [0.1, 0.15) is 12.6 Å². The molecule has 0 aliphatic heterocycles. The molecule has 2 aromatic rings. The van der Waals surface area contributed by atoms with E-state index in [1.54, 1.807) is 0 Å². The lowest BCUT2D eigenvalue weighted by Crippen LogP contribution is -2.45. The standard InChI is InChI=1S/C27H30N2O5/c1-2-8-24(26(31)32)29-25(30)18-14-7-9-17(18)15-28-27(33)34-16-23-21-12-5-3-10-19(21)20-11-4-6-13-22(20)23/h2-6,10-13,17-18,23-24H,1,7-9,14-16H2,(H,28,33)(H,29,30)(H,31,32)/t17-,18-,24?/m1/s1. The Morgan fingerprint density at radius 1 is 1.06 bits per heavy atom. The predicted octanol–water partition coefficient (Wildman–Crippen LogP) is 4.09. The average Bonchev–Trinajstić information content (AvgIpc) is 3.44.